The molecule has 0 saturated heterocycles. The highest BCUT2D eigenvalue weighted by Gasteiger charge is 2.39. The zero-order chi connectivity index (χ0) is 71.6. The fraction of sp³-hybridized carbons (Fsp3) is 0.767. The third kappa shape index (κ3) is 31.9. The molecule has 0 saturated carbocycles. The van der Waals surface area contributed by atoms with Crippen molar-refractivity contribution in [3.05, 3.63) is 0 Å². The second-order valence-corrected chi connectivity index (χ2v) is 25.5. The third-order valence-electron chi connectivity index (χ3n) is 15.3. The number of carbonyl (C=O) groups is 13. The number of nitrogens with two attached hydrogens (primary N) is 4. The van der Waals surface area contributed by atoms with Gasteiger partial charge in [0.1, 0.15) is 60.4 Å². The Morgan fingerprint density at radius 1 is 0.441 bits per heavy atom. The lowest BCUT2D eigenvalue weighted by Gasteiger charge is -2.31. The van der Waals surface area contributed by atoms with Gasteiger partial charge in [0.25, 0.3) is 0 Å². The number of aliphatic hydroxyl groups excluding tert-OH is 1. The second kappa shape index (κ2) is 44.3. The van der Waals surface area contributed by atoms with E-state index in [9.17, 15) is 72.5 Å². The van der Waals surface area contributed by atoms with Crippen molar-refractivity contribution in [2.24, 2.45) is 69.4 Å². The number of hydrogen-bond donors (Lipinski definition) is 19. The first-order valence-corrected chi connectivity index (χ1v) is 32.6. The quantitative estimate of drug-likeness (QED) is 0.0121. The van der Waals surface area contributed by atoms with Crippen LogP contribution in [0.25, 0.3) is 0 Å². The molecule has 33 heteroatoms. The van der Waals surface area contributed by atoms with Crippen molar-refractivity contribution in [3.8, 4) is 0 Å². The predicted molar refractivity (Wildman–Crippen MR) is 352 cm³/mol. The summed E-state index contributed by atoms with van der Waals surface area (Å²) in [5.41, 5.74) is 22.4. The van der Waals surface area contributed by atoms with Gasteiger partial charge in [-0.15, -0.1) is 0 Å². The fourth-order valence-electron chi connectivity index (χ4n) is 9.12. The lowest BCUT2D eigenvalue weighted by molar-refractivity contribution is -0.142. The van der Waals surface area contributed by atoms with Crippen LogP contribution in [0, 0.1) is 41.4 Å². The summed E-state index contributed by atoms with van der Waals surface area (Å²) in [4.78, 5) is 180. The molecule has 0 aliphatic heterocycles. The van der Waals surface area contributed by atoms with E-state index in [1.165, 1.54) is 0 Å². The zero-order valence-electron chi connectivity index (χ0n) is 56.7. The van der Waals surface area contributed by atoms with Crippen LogP contribution in [0.4, 0.5) is 0 Å². The van der Waals surface area contributed by atoms with Crippen LogP contribution in [-0.2, 0) is 62.3 Å². The van der Waals surface area contributed by atoms with Gasteiger partial charge < -0.3 is 96.9 Å². The van der Waals surface area contributed by atoms with E-state index in [1.807, 2.05) is 0 Å². The molecular formula is C60H111N17O15S. The van der Waals surface area contributed by atoms with Crippen molar-refractivity contribution in [2.45, 2.75) is 215 Å². The number of carboxylic acids is 1. The van der Waals surface area contributed by atoms with Gasteiger partial charge in [-0.2, -0.15) is 12.6 Å². The molecule has 0 spiro atoms. The van der Waals surface area contributed by atoms with Crippen LogP contribution in [0.5, 0.6) is 0 Å². The van der Waals surface area contributed by atoms with Crippen LogP contribution in [0.15, 0.2) is 4.99 Å². The molecule has 0 heterocycles. The molecule has 0 radical (unpaired) electrons. The van der Waals surface area contributed by atoms with Gasteiger partial charge in [0.2, 0.25) is 70.9 Å². The summed E-state index contributed by atoms with van der Waals surface area (Å²) in [6, 6.07) is -13.9. The van der Waals surface area contributed by atoms with E-state index in [1.54, 1.807) is 96.9 Å². The van der Waals surface area contributed by atoms with Crippen molar-refractivity contribution in [3.63, 3.8) is 0 Å². The first-order chi connectivity index (χ1) is 43.4. The molecule has 0 aromatic rings. The van der Waals surface area contributed by atoms with E-state index >= 15 is 0 Å². The van der Waals surface area contributed by atoms with Crippen molar-refractivity contribution in [2.75, 3.05) is 38.5 Å². The van der Waals surface area contributed by atoms with Crippen molar-refractivity contribution < 1.29 is 72.5 Å². The average molecular weight is 1340 g/mol. The van der Waals surface area contributed by atoms with E-state index in [-0.39, 0.29) is 49.9 Å². The standard InChI is InChI=1S/C60H111N17O15S/c1-15-34(13)47(57(89)75-44(31(7)8)54(86)70-39(24-29(3)4)52(84)71-40(27-78)50(82)66-25-42(80)69-38(59(91)92)20-17-18-22-61)76-51(83)37(21-19-23-65-60(63)64)68-41(79)26-67-53(85)43(30(5)6)73-58(90)48(35(14)16-2)77-56(88)46(33(11)12)74-55(87)45(32(9)10)72-49(81)36(62)28-93/h29-40,43-48,78,93H,15-28,61-62H2,1-14H3,(H,66,82)(H,67,85)(H,68,79)(H,69,80)(H,70,86)(H,71,84)(H,72,81)(H,73,90)(H,74,87)(H,75,89)(H,76,83)(H,77,88)(H,91,92)(H4,63,64,65)/t34-,35-,36-,37+,38+,39-,40+,43-,44+,45-,46-,47-,48-/m1/s1. The monoisotopic (exact) mass is 1340 g/mol. The Bertz CT molecular complexity index is 2500. The molecule has 0 bridgehead atoms. The van der Waals surface area contributed by atoms with Crippen LogP contribution in [0.2, 0.25) is 0 Å². The number of nitrogens with zero attached hydrogens (tertiary/aromatic N) is 1. The Morgan fingerprint density at radius 3 is 1.20 bits per heavy atom. The van der Waals surface area contributed by atoms with Crippen molar-refractivity contribution in [1.82, 2.24) is 63.8 Å². The van der Waals surface area contributed by atoms with Gasteiger partial charge in [-0.1, -0.05) is 110 Å². The summed E-state index contributed by atoms with van der Waals surface area (Å²) in [6.45, 7) is 21.7. The summed E-state index contributed by atoms with van der Waals surface area (Å²) in [7, 11) is 0. The lowest BCUT2D eigenvalue weighted by Crippen LogP contribution is -2.62. The minimum absolute atomic E-state index is 0.0166. The summed E-state index contributed by atoms with van der Waals surface area (Å²) in [6.07, 6.45) is 1.83. The molecule has 0 aromatic heterocycles. The van der Waals surface area contributed by atoms with Crippen LogP contribution >= 0.6 is 12.6 Å². The highest BCUT2D eigenvalue weighted by molar-refractivity contribution is 7.80. The van der Waals surface area contributed by atoms with E-state index < -0.39 is 199 Å². The summed E-state index contributed by atoms with van der Waals surface area (Å²) >= 11 is 4.05. The molecule has 0 aliphatic rings. The summed E-state index contributed by atoms with van der Waals surface area (Å²) in [5, 5.41) is 50.4. The molecule has 32 nitrogen and oxygen atoms in total. The number of aliphatic carboxylic acids is 1. The van der Waals surface area contributed by atoms with E-state index in [4.69, 9.17) is 22.9 Å². The molecule has 532 valence electrons. The van der Waals surface area contributed by atoms with Crippen molar-refractivity contribution >= 4 is 95.4 Å². The number of rotatable bonds is 45. The zero-order valence-corrected chi connectivity index (χ0v) is 57.6. The van der Waals surface area contributed by atoms with Crippen LogP contribution in [-0.4, -0.2) is 198 Å². The van der Waals surface area contributed by atoms with Gasteiger partial charge in [0.05, 0.1) is 25.7 Å². The first-order valence-electron chi connectivity index (χ1n) is 32.0. The smallest absolute Gasteiger partial charge is 0.326 e. The fourth-order valence-corrected chi connectivity index (χ4v) is 9.29. The minimum atomic E-state index is -1.61. The maximum atomic E-state index is 14.3. The van der Waals surface area contributed by atoms with Crippen LogP contribution in [0.3, 0.4) is 0 Å². The summed E-state index contributed by atoms with van der Waals surface area (Å²) < 4.78 is 0. The van der Waals surface area contributed by atoms with Gasteiger partial charge in [-0.05, 0) is 86.5 Å². The molecule has 0 unspecified atom stereocenters. The molecule has 0 aliphatic carbocycles. The third-order valence-corrected chi connectivity index (χ3v) is 15.7. The lowest BCUT2D eigenvalue weighted by atomic mass is 9.95. The number of aliphatic hydroxyl groups is 1. The normalized spacial score (nSPS) is 15.6. The van der Waals surface area contributed by atoms with E-state index in [0.29, 0.717) is 32.2 Å². The highest BCUT2D eigenvalue weighted by atomic mass is 32.1. The van der Waals surface area contributed by atoms with E-state index in [2.05, 4.69) is 81.4 Å². The average Bonchev–Trinajstić information content (AvgIpc) is 0.946. The molecule has 22 N–H and O–H groups in total. The Balaban J connectivity index is 6.52. The number of guanidine groups is 1. The van der Waals surface area contributed by atoms with Gasteiger partial charge in [-0.25, -0.2) is 4.79 Å². The molecule has 0 fully saturated rings. The van der Waals surface area contributed by atoms with Crippen molar-refractivity contribution in [1.29, 1.82) is 0 Å². The maximum absolute atomic E-state index is 14.3. The molecule has 93 heavy (non-hydrogen) atoms. The van der Waals surface area contributed by atoms with Crippen LogP contribution in [0.1, 0.15) is 148 Å². The maximum Gasteiger partial charge on any atom is 0.326 e. The molecule has 13 atom stereocenters. The van der Waals surface area contributed by atoms with Gasteiger partial charge in [-0.3, -0.25) is 62.5 Å². The first kappa shape index (κ1) is 85.6. The Labute approximate surface area is 552 Å². The number of aliphatic imine (C=N–C) groups is 1. The van der Waals surface area contributed by atoms with Gasteiger partial charge in [0, 0.05) is 12.3 Å². The Hall–Kier alpha value is -7.39. The van der Waals surface area contributed by atoms with E-state index in [0.717, 1.165) is 0 Å². The topological polar surface area (TPSA) is 523 Å². The largest absolute Gasteiger partial charge is 0.480 e. The SMILES string of the molecule is CC[C@@H](C)[C@@H](NC(=O)[C@H](CCCN=C(N)N)NC(=O)CNC(=O)[C@H](NC(=O)[C@H](NC(=O)[C@H](NC(=O)[C@H](NC(=O)[C@H](N)CS)C(C)C)C(C)C)[C@H](C)CC)C(C)C)C(=O)N[C@H](C(=O)N[C@H](CC(C)C)C(=O)N[C@@H](CO)C(=O)NCC(=O)N[C@@H](CCCCN)C(=O)O)C(C)C. The number of nitrogens with one attached hydrogen (secondary N) is 12. The Kier molecular flexibility index (Phi) is 40.7. The Morgan fingerprint density at radius 2 is 0.806 bits per heavy atom. The van der Waals surface area contributed by atoms with Gasteiger partial charge in [0.15, 0.2) is 5.96 Å². The second-order valence-electron chi connectivity index (χ2n) is 25.1. The highest BCUT2D eigenvalue weighted by Crippen LogP contribution is 2.16. The predicted octanol–water partition coefficient (Wildman–Crippen LogP) is -3.65. The number of unbranched alkanes of at least 4 members (excludes halogenated alkanes) is 1. The van der Waals surface area contributed by atoms with Gasteiger partial charge >= 0.3 is 5.97 Å². The number of carboxylic acid groups (broad SMARTS) is 1. The minimum Gasteiger partial charge on any atom is -0.480 e. The number of amides is 12. The molecule has 12 amide bonds. The number of carbonyl (C=O) groups excluding carboxylic acids is 12. The number of hydrogen-bond acceptors (Lipinski definition) is 18. The number of thiol groups is 1. The van der Waals surface area contributed by atoms with Crippen LogP contribution < -0.4 is 86.7 Å². The summed E-state index contributed by atoms with van der Waals surface area (Å²) in [5.74, 6) is -14.5. The molecule has 0 rings (SSSR count). The molecular weight excluding hydrogens is 1230 g/mol. The molecule has 0 aromatic carbocycles.